The van der Waals surface area contributed by atoms with Gasteiger partial charge < -0.3 is 19.5 Å². The molecule has 0 saturated heterocycles. The largest absolute Gasteiger partial charge is 0.494 e. The Balaban J connectivity index is 2.09. The molecule has 2 atom stereocenters. The summed E-state index contributed by atoms with van der Waals surface area (Å²) < 4.78 is 42.3. The fraction of sp³-hybridized carbons (Fsp3) is 0.276. The molecule has 4 rings (SSSR count). The van der Waals surface area contributed by atoms with Crippen molar-refractivity contribution in [3.8, 4) is 11.6 Å². The summed E-state index contributed by atoms with van der Waals surface area (Å²) in [5.74, 6) is -1.87. The van der Waals surface area contributed by atoms with Crippen molar-refractivity contribution in [3.63, 3.8) is 0 Å². The lowest BCUT2D eigenvalue weighted by Gasteiger charge is -2.39. The zero-order valence-corrected chi connectivity index (χ0v) is 22.7. The maximum Gasteiger partial charge on any atom is 0.217 e. The fourth-order valence-electron chi connectivity index (χ4n) is 4.71. The van der Waals surface area contributed by atoms with E-state index in [9.17, 15) is 9.50 Å². The lowest BCUT2D eigenvalue weighted by Crippen LogP contribution is -2.38. The second-order valence-electron chi connectivity index (χ2n) is 9.21. The van der Waals surface area contributed by atoms with E-state index in [1.807, 2.05) is 43.3 Å². The van der Waals surface area contributed by atoms with E-state index in [0.29, 0.717) is 23.2 Å². The topological polar surface area (TPSA) is 54.8 Å². The van der Waals surface area contributed by atoms with Crippen LogP contribution in [-0.2, 0) is 5.60 Å². The zero-order valence-electron chi connectivity index (χ0n) is 21.1. The molecular weight excluding hydrogens is 542 g/mol. The van der Waals surface area contributed by atoms with E-state index >= 15 is 4.39 Å². The number of aliphatic hydroxyl groups is 1. The van der Waals surface area contributed by atoms with Gasteiger partial charge in [-0.15, -0.1) is 0 Å². The number of hydrogen-bond acceptors (Lipinski definition) is 5. The first kappa shape index (κ1) is 27.0. The van der Waals surface area contributed by atoms with Crippen molar-refractivity contribution in [1.29, 1.82) is 0 Å². The van der Waals surface area contributed by atoms with E-state index in [2.05, 4.69) is 20.9 Å². The molecule has 1 aromatic heterocycles. The van der Waals surface area contributed by atoms with Crippen molar-refractivity contribution < 1.29 is 23.4 Å². The van der Waals surface area contributed by atoms with Gasteiger partial charge in [0.25, 0.3) is 0 Å². The van der Waals surface area contributed by atoms with Gasteiger partial charge in [-0.05, 0) is 68.5 Å². The highest BCUT2D eigenvalue weighted by atomic mass is 79.9. The third-order valence-electron chi connectivity index (χ3n) is 6.54. The van der Waals surface area contributed by atoms with Crippen LogP contribution in [0.3, 0.4) is 0 Å². The standard InChI is InChI=1S/C29H29BrF2N2O3/c1-34(2)14-13-29(35,19-7-5-8-21(31)17-19)26(22-9-6-10-25(36-3)27(22)32)23-16-18-15-20(30)11-12-24(18)33-28(23)37-4/h5-12,15-17,26,35H,13-14H2,1-4H3. The normalized spacial score (nSPS) is 14.0. The Hall–Kier alpha value is -3.07. The van der Waals surface area contributed by atoms with Crippen LogP contribution >= 0.6 is 15.9 Å². The van der Waals surface area contributed by atoms with E-state index in [-0.39, 0.29) is 23.6 Å². The molecule has 2 unspecified atom stereocenters. The molecule has 0 spiro atoms. The highest BCUT2D eigenvalue weighted by Gasteiger charge is 2.44. The van der Waals surface area contributed by atoms with Crippen molar-refractivity contribution >= 4 is 26.8 Å². The number of pyridine rings is 1. The molecule has 0 aliphatic carbocycles. The lowest BCUT2D eigenvalue weighted by atomic mass is 9.71. The van der Waals surface area contributed by atoms with Crippen LogP contribution in [0.2, 0.25) is 0 Å². The molecule has 3 aromatic carbocycles. The zero-order chi connectivity index (χ0) is 26.7. The van der Waals surface area contributed by atoms with Crippen molar-refractivity contribution in [2.45, 2.75) is 17.9 Å². The first-order chi connectivity index (χ1) is 17.7. The maximum absolute atomic E-state index is 16.0. The number of ether oxygens (including phenoxy) is 2. The predicted octanol–water partition coefficient (Wildman–Crippen LogP) is 6.26. The predicted molar refractivity (Wildman–Crippen MR) is 144 cm³/mol. The molecule has 5 nitrogen and oxygen atoms in total. The molecule has 0 saturated carbocycles. The number of aromatic nitrogens is 1. The van der Waals surface area contributed by atoms with Crippen molar-refractivity contribution in [3.05, 3.63) is 99.5 Å². The molecule has 37 heavy (non-hydrogen) atoms. The highest BCUT2D eigenvalue weighted by molar-refractivity contribution is 9.10. The molecular formula is C29H29BrF2N2O3. The summed E-state index contributed by atoms with van der Waals surface area (Å²) in [6.07, 6.45) is 0.171. The quantitative estimate of drug-likeness (QED) is 0.257. The van der Waals surface area contributed by atoms with Gasteiger partial charge in [-0.25, -0.2) is 13.8 Å². The molecule has 0 radical (unpaired) electrons. The Morgan fingerprint density at radius 3 is 2.41 bits per heavy atom. The van der Waals surface area contributed by atoms with Crippen LogP contribution in [0.1, 0.15) is 29.0 Å². The van der Waals surface area contributed by atoms with E-state index in [1.165, 1.54) is 38.5 Å². The summed E-state index contributed by atoms with van der Waals surface area (Å²) in [7, 11) is 6.62. The van der Waals surface area contributed by atoms with E-state index < -0.39 is 23.2 Å². The van der Waals surface area contributed by atoms with Gasteiger partial charge in [0.2, 0.25) is 5.88 Å². The van der Waals surface area contributed by atoms with E-state index in [4.69, 9.17) is 9.47 Å². The summed E-state index contributed by atoms with van der Waals surface area (Å²) in [5, 5.41) is 13.3. The van der Waals surface area contributed by atoms with Crippen LogP contribution in [0.15, 0.2) is 71.2 Å². The minimum atomic E-state index is -1.74. The fourth-order valence-corrected chi connectivity index (χ4v) is 5.09. The monoisotopic (exact) mass is 570 g/mol. The number of hydrogen-bond donors (Lipinski definition) is 1. The number of halogens is 3. The molecule has 0 amide bonds. The molecule has 0 aliphatic heterocycles. The average Bonchev–Trinajstić information content (AvgIpc) is 2.88. The Morgan fingerprint density at radius 1 is 0.973 bits per heavy atom. The molecule has 1 heterocycles. The van der Waals surface area contributed by atoms with Crippen molar-refractivity contribution in [1.82, 2.24) is 9.88 Å². The van der Waals surface area contributed by atoms with E-state index in [0.717, 1.165) is 9.86 Å². The van der Waals surface area contributed by atoms with Crippen LogP contribution in [0.5, 0.6) is 11.6 Å². The smallest absolute Gasteiger partial charge is 0.217 e. The second kappa shape index (κ2) is 11.1. The number of methoxy groups -OCH3 is 2. The van der Waals surface area contributed by atoms with Crippen LogP contribution in [-0.4, -0.2) is 49.9 Å². The summed E-state index contributed by atoms with van der Waals surface area (Å²) in [6.45, 7) is 0.448. The molecule has 0 aliphatic rings. The van der Waals surface area contributed by atoms with Gasteiger partial charge in [-0.1, -0.05) is 40.2 Å². The summed E-state index contributed by atoms with van der Waals surface area (Å²) in [6, 6.07) is 18.0. The number of nitrogens with zero attached hydrogens (tertiary/aromatic N) is 2. The summed E-state index contributed by atoms with van der Waals surface area (Å²) in [5.41, 5.74) is -0.104. The summed E-state index contributed by atoms with van der Waals surface area (Å²) in [4.78, 5) is 6.59. The van der Waals surface area contributed by atoms with Crippen LogP contribution < -0.4 is 9.47 Å². The SMILES string of the molecule is COc1cccc(C(c2cc3cc(Br)ccc3nc2OC)C(O)(CCN(C)C)c2cccc(F)c2)c1F. The van der Waals surface area contributed by atoms with Crippen LogP contribution in [0.4, 0.5) is 8.78 Å². The van der Waals surface area contributed by atoms with Gasteiger partial charge in [0.05, 0.1) is 25.7 Å². The summed E-state index contributed by atoms with van der Waals surface area (Å²) >= 11 is 3.50. The Morgan fingerprint density at radius 2 is 1.73 bits per heavy atom. The highest BCUT2D eigenvalue weighted by Crippen LogP contribution is 2.49. The van der Waals surface area contributed by atoms with Gasteiger partial charge in [0.1, 0.15) is 11.4 Å². The Labute approximate surface area is 223 Å². The third kappa shape index (κ3) is 5.46. The van der Waals surface area contributed by atoms with Gasteiger partial charge >= 0.3 is 0 Å². The minimum absolute atomic E-state index is 0.0344. The van der Waals surface area contributed by atoms with Crippen LogP contribution in [0.25, 0.3) is 10.9 Å². The average molecular weight is 571 g/mol. The molecule has 8 heteroatoms. The lowest BCUT2D eigenvalue weighted by molar-refractivity contribution is 0.00255. The molecule has 1 N–H and O–H groups in total. The van der Waals surface area contributed by atoms with Gasteiger partial charge in [-0.3, -0.25) is 0 Å². The van der Waals surface area contributed by atoms with Crippen molar-refractivity contribution in [2.75, 3.05) is 34.9 Å². The molecule has 194 valence electrons. The Kier molecular flexibility index (Phi) is 8.11. The van der Waals surface area contributed by atoms with Gasteiger partial charge in [0, 0.05) is 27.5 Å². The van der Waals surface area contributed by atoms with Crippen LogP contribution in [0, 0.1) is 11.6 Å². The molecule has 0 bridgehead atoms. The number of rotatable bonds is 9. The Bertz CT molecular complexity index is 1420. The van der Waals surface area contributed by atoms with Crippen molar-refractivity contribution in [2.24, 2.45) is 0 Å². The first-order valence-corrected chi connectivity index (χ1v) is 12.6. The molecule has 4 aromatic rings. The van der Waals surface area contributed by atoms with E-state index in [1.54, 1.807) is 18.2 Å². The maximum atomic E-state index is 16.0. The minimum Gasteiger partial charge on any atom is -0.494 e. The number of benzene rings is 3. The van der Waals surface area contributed by atoms with Gasteiger partial charge in [0.15, 0.2) is 11.6 Å². The molecule has 0 fully saturated rings. The second-order valence-corrected chi connectivity index (χ2v) is 10.1. The third-order valence-corrected chi connectivity index (χ3v) is 7.03. The number of fused-ring (bicyclic) bond motifs is 1. The first-order valence-electron chi connectivity index (χ1n) is 11.8. The van der Waals surface area contributed by atoms with Gasteiger partial charge in [-0.2, -0.15) is 0 Å².